The number of fused-ring (bicyclic) bond motifs is 6. The van der Waals surface area contributed by atoms with E-state index in [4.69, 9.17) is 9.47 Å². The Labute approximate surface area is 195 Å². The quantitative estimate of drug-likeness (QED) is 0.527. The molecule has 2 N–H and O–H groups in total. The van der Waals surface area contributed by atoms with Gasteiger partial charge < -0.3 is 19.7 Å². The predicted octanol–water partition coefficient (Wildman–Crippen LogP) is 3.93. The van der Waals surface area contributed by atoms with Crippen molar-refractivity contribution < 1.29 is 24.5 Å². The summed E-state index contributed by atoms with van der Waals surface area (Å²) >= 11 is 0. The molecule has 176 valence electrons. The van der Waals surface area contributed by atoms with Gasteiger partial charge in [-0.25, -0.2) is 0 Å². The minimum absolute atomic E-state index is 0.0606. The Bertz CT molecular complexity index is 1090. The molecular weight excluding hydrogens is 416 g/mol. The van der Waals surface area contributed by atoms with Crippen LogP contribution in [0.25, 0.3) is 0 Å². The van der Waals surface area contributed by atoms with Crippen LogP contribution in [0.3, 0.4) is 0 Å². The molecule has 2 saturated heterocycles. The van der Waals surface area contributed by atoms with Gasteiger partial charge in [0, 0.05) is 18.3 Å². The number of carbonyl (C=O) groups is 1. The van der Waals surface area contributed by atoms with Crippen LogP contribution in [-0.4, -0.2) is 45.7 Å². The number of benzene rings is 1. The Hall–Kier alpha value is -1.79. The van der Waals surface area contributed by atoms with E-state index < -0.39 is 23.4 Å². The van der Waals surface area contributed by atoms with Crippen molar-refractivity contribution in [2.24, 2.45) is 11.3 Å². The van der Waals surface area contributed by atoms with Gasteiger partial charge in [-0.3, -0.25) is 4.79 Å². The van der Waals surface area contributed by atoms with Crippen molar-refractivity contribution in [3.8, 4) is 0 Å². The number of hydrogen-bond donors (Lipinski definition) is 2. The third kappa shape index (κ3) is 2.83. The number of ether oxygens (including phenoxy) is 2. The number of allylic oxidation sites excluding steroid dienone is 3. The molecule has 0 saturated carbocycles. The molecule has 0 spiro atoms. The highest BCUT2D eigenvalue weighted by Crippen LogP contribution is 2.59. The van der Waals surface area contributed by atoms with Gasteiger partial charge in [-0.1, -0.05) is 42.8 Å². The predicted molar refractivity (Wildman–Crippen MR) is 124 cm³/mol. The van der Waals surface area contributed by atoms with Gasteiger partial charge in [-0.2, -0.15) is 0 Å². The molecule has 1 aromatic rings. The van der Waals surface area contributed by atoms with Gasteiger partial charge in [0.25, 0.3) is 0 Å². The Morgan fingerprint density at radius 3 is 2.73 bits per heavy atom. The van der Waals surface area contributed by atoms with Crippen LogP contribution >= 0.6 is 0 Å². The Morgan fingerprint density at radius 1 is 1.18 bits per heavy atom. The number of hydrogen-bond acceptors (Lipinski definition) is 5. The molecule has 1 aromatic carbocycles. The molecule has 0 amide bonds. The van der Waals surface area contributed by atoms with Crippen molar-refractivity contribution >= 4 is 5.78 Å². The highest BCUT2D eigenvalue weighted by molar-refractivity contribution is 5.99. The summed E-state index contributed by atoms with van der Waals surface area (Å²) in [5.74, 6) is 0.335. The fourth-order valence-electron chi connectivity index (χ4n) is 7.27. The summed E-state index contributed by atoms with van der Waals surface area (Å²) in [6.07, 6.45) is 7.30. The standard InChI is InChI=1S/C28H34O5/c1-15(22-14-26(2)28(4,33-26)25(31)32-22)16-8-10-19-17(12-16)9-11-20-24(19)21(29)13-18-6-5-7-23(30)27(18,20)3/h5,7-8,10,12-13,15,20-22,24-25,29,31H,6,9,11,14H2,1-4H3. The molecule has 2 aliphatic heterocycles. The molecule has 5 heteroatoms. The van der Waals surface area contributed by atoms with E-state index in [1.165, 1.54) is 16.7 Å². The Kier molecular flexibility index (Phi) is 4.53. The van der Waals surface area contributed by atoms with Crippen LogP contribution in [-0.2, 0) is 20.7 Å². The zero-order valence-corrected chi connectivity index (χ0v) is 19.9. The van der Waals surface area contributed by atoms with Gasteiger partial charge in [0.1, 0.15) is 11.2 Å². The second-order valence-electron chi connectivity index (χ2n) is 11.4. The molecule has 2 heterocycles. The number of ketones is 1. The summed E-state index contributed by atoms with van der Waals surface area (Å²) in [5, 5.41) is 21.6. The van der Waals surface area contributed by atoms with E-state index in [2.05, 4.69) is 39.0 Å². The lowest BCUT2D eigenvalue weighted by Gasteiger charge is -2.50. The van der Waals surface area contributed by atoms with Gasteiger partial charge in [-0.05, 0) is 68.7 Å². The second-order valence-corrected chi connectivity index (χ2v) is 11.4. The third-order valence-corrected chi connectivity index (χ3v) is 9.85. The average molecular weight is 451 g/mol. The van der Waals surface area contributed by atoms with Gasteiger partial charge in [0.05, 0.1) is 17.6 Å². The van der Waals surface area contributed by atoms with Crippen LogP contribution in [0.5, 0.6) is 0 Å². The van der Waals surface area contributed by atoms with Crippen molar-refractivity contribution in [3.05, 3.63) is 58.7 Å². The topological polar surface area (TPSA) is 79.3 Å². The molecule has 0 bridgehead atoms. The SMILES string of the molecule is CC(c1ccc2c(c1)CCC1C2C(O)C=C2CC=CC(=O)C21C)C1CC2(C)OC2(C)C(O)O1. The molecule has 2 fully saturated rings. The van der Waals surface area contributed by atoms with Crippen LogP contribution in [0, 0.1) is 11.3 Å². The fraction of sp³-hybridized carbons (Fsp3) is 0.607. The molecule has 3 aliphatic carbocycles. The van der Waals surface area contributed by atoms with E-state index in [1.54, 1.807) is 6.08 Å². The number of rotatable bonds is 2. The maximum atomic E-state index is 13.0. The third-order valence-electron chi connectivity index (χ3n) is 9.85. The minimum Gasteiger partial charge on any atom is -0.388 e. The van der Waals surface area contributed by atoms with Crippen LogP contribution in [0.2, 0.25) is 0 Å². The Balaban J connectivity index is 1.30. The molecule has 5 nitrogen and oxygen atoms in total. The zero-order chi connectivity index (χ0) is 23.3. The molecular formula is C28H34O5. The minimum atomic E-state index is -0.914. The maximum absolute atomic E-state index is 13.0. The first-order valence-corrected chi connectivity index (χ1v) is 12.3. The monoisotopic (exact) mass is 450 g/mol. The van der Waals surface area contributed by atoms with Crippen LogP contribution in [0.15, 0.2) is 42.0 Å². The van der Waals surface area contributed by atoms with E-state index in [-0.39, 0.29) is 35.2 Å². The lowest BCUT2D eigenvalue weighted by Crippen LogP contribution is -2.49. The average Bonchev–Trinajstić information content (AvgIpc) is 3.37. The molecule has 5 aliphatic rings. The van der Waals surface area contributed by atoms with Gasteiger partial charge in [0.15, 0.2) is 12.1 Å². The summed E-state index contributed by atoms with van der Waals surface area (Å²) in [7, 11) is 0. The van der Waals surface area contributed by atoms with Gasteiger partial charge in [0.2, 0.25) is 0 Å². The van der Waals surface area contributed by atoms with E-state index >= 15 is 0 Å². The first kappa shape index (κ1) is 21.7. The largest absolute Gasteiger partial charge is 0.388 e. The smallest absolute Gasteiger partial charge is 0.186 e. The van der Waals surface area contributed by atoms with Crippen molar-refractivity contribution in [2.45, 2.75) is 94.9 Å². The molecule has 0 aromatic heterocycles. The lowest BCUT2D eigenvalue weighted by atomic mass is 9.53. The number of aliphatic hydroxyl groups is 2. The second kappa shape index (κ2) is 6.88. The van der Waals surface area contributed by atoms with Crippen molar-refractivity contribution in [1.29, 1.82) is 0 Å². The Morgan fingerprint density at radius 2 is 1.97 bits per heavy atom. The zero-order valence-electron chi connectivity index (χ0n) is 19.9. The van der Waals surface area contributed by atoms with Crippen LogP contribution < -0.4 is 0 Å². The van der Waals surface area contributed by atoms with E-state index in [0.717, 1.165) is 31.3 Å². The number of epoxide rings is 1. The molecule has 9 unspecified atom stereocenters. The number of carbonyl (C=O) groups excluding carboxylic acids is 1. The van der Waals surface area contributed by atoms with Gasteiger partial charge >= 0.3 is 0 Å². The molecule has 0 radical (unpaired) electrons. The van der Waals surface area contributed by atoms with E-state index in [9.17, 15) is 15.0 Å². The highest BCUT2D eigenvalue weighted by Gasteiger charge is 2.71. The summed E-state index contributed by atoms with van der Waals surface area (Å²) in [6, 6.07) is 6.56. The van der Waals surface area contributed by atoms with Crippen molar-refractivity contribution in [2.75, 3.05) is 0 Å². The first-order valence-electron chi connectivity index (χ1n) is 12.3. The van der Waals surface area contributed by atoms with E-state index in [1.807, 2.05) is 19.1 Å². The maximum Gasteiger partial charge on any atom is 0.186 e. The fourth-order valence-corrected chi connectivity index (χ4v) is 7.27. The summed E-state index contributed by atoms with van der Waals surface area (Å²) in [5.41, 5.74) is 3.24. The first-order chi connectivity index (χ1) is 15.6. The highest BCUT2D eigenvalue weighted by atomic mass is 16.7. The van der Waals surface area contributed by atoms with Gasteiger partial charge in [-0.15, -0.1) is 0 Å². The lowest BCUT2D eigenvalue weighted by molar-refractivity contribution is -0.187. The van der Waals surface area contributed by atoms with Crippen molar-refractivity contribution in [3.63, 3.8) is 0 Å². The summed E-state index contributed by atoms with van der Waals surface area (Å²) in [6.45, 7) is 8.20. The number of aryl methyl sites for hydroxylation is 1. The summed E-state index contributed by atoms with van der Waals surface area (Å²) in [4.78, 5) is 13.0. The number of aliphatic hydroxyl groups excluding tert-OH is 2. The van der Waals surface area contributed by atoms with E-state index in [0.29, 0.717) is 0 Å². The van der Waals surface area contributed by atoms with Crippen LogP contribution in [0.4, 0.5) is 0 Å². The molecule has 9 atom stereocenters. The summed E-state index contributed by atoms with van der Waals surface area (Å²) < 4.78 is 11.9. The van der Waals surface area contributed by atoms with Crippen molar-refractivity contribution in [1.82, 2.24) is 0 Å². The normalized spacial score (nSPS) is 46.4. The molecule has 33 heavy (non-hydrogen) atoms. The molecule has 6 rings (SSSR count). The van der Waals surface area contributed by atoms with Crippen LogP contribution in [0.1, 0.15) is 75.5 Å².